The van der Waals surface area contributed by atoms with Crippen molar-refractivity contribution in [2.45, 2.75) is 96.3 Å². The van der Waals surface area contributed by atoms with Crippen LogP contribution in [0.3, 0.4) is 0 Å². The molecule has 1 aliphatic carbocycles. The number of piperidine rings is 3. The number of anilines is 9. The molecule has 6 aromatic carbocycles. The van der Waals surface area contributed by atoms with Crippen LogP contribution in [0.4, 0.5) is 52.0 Å². The maximum atomic E-state index is 16.2. The van der Waals surface area contributed by atoms with Gasteiger partial charge in [0.1, 0.15) is 21.2 Å². The molecule has 10 heterocycles. The van der Waals surface area contributed by atoms with Gasteiger partial charge in [0.15, 0.2) is 5.78 Å². The fourth-order valence-corrected chi connectivity index (χ4v) is 20.5. The molecule has 2 unspecified atom stereocenters. The van der Waals surface area contributed by atoms with E-state index in [4.69, 9.17) is 106 Å². The summed E-state index contributed by atoms with van der Waals surface area (Å²) in [5, 5.41) is 18.6. The number of hydrogen-bond acceptors (Lipinski definition) is 21. The predicted octanol–water partition coefficient (Wildman–Crippen LogP) is 16.6. The van der Waals surface area contributed by atoms with Crippen molar-refractivity contribution in [1.82, 2.24) is 50.8 Å². The molecule has 4 N–H and O–H groups in total. The Hall–Kier alpha value is -8.30. The molecule has 4 saturated heterocycles. The molecule has 31 heteroatoms. The summed E-state index contributed by atoms with van der Waals surface area (Å²) in [6, 6.07) is 32.5. The number of fused-ring (bicyclic) bond motifs is 3. The van der Waals surface area contributed by atoms with Gasteiger partial charge in [-0.2, -0.15) is 5.06 Å². The number of hydrogen-bond donors (Lipinski definition) is 4. The van der Waals surface area contributed by atoms with Gasteiger partial charge in [0.25, 0.3) is 29.6 Å². The third kappa shape index (κ3) is 15.0. The lowest BCUT2D eigenvalue weighted by molar-refractivity contribution is 0.0515. The summed E-state index contributed by atoms with van der Waals surface area (Å²) in [6.07, 6.45) is 16.2. The molecule has 0 spiro atoms. The molecular formula is C80H70Cl6N16O6S3. The molecule has 5 fully saturated rings. The Kier molecular flexibility index (Phi) is 21.9. The van der Waals surface area contributed by atoms with Crippen LogP contribution in [-0.4, -0.2) is 146 Å². The van der Waals surface area contributed by atoms with Crippen molar-refractivity contribution in [3.8, 4) is 12.3 Å². The van der Waals surface area contributed by atoms with Gasteiger partial charge in [0.2, 0.25) is 11.9 Å². The van der Waals surface area contributed by atoms with E-state index in [0.29, 0.717) is 121 Å². The quantitative estimate of drug-likeness (QED) is 0.0270. The van der Waals surface area contributed by atoms with Gasteiger partial charge in [-0.15, -0.1) is 6.42 Å². The van der Waals surface area contributed by atoms with E-state index in [0.717, 1.165) is 100 Å². The summed E-state index contributed by atoms with van der Waals surface area (Å²) in [5.41, 5.74) is 8.32. The van der Waals surface area contributed by atoms with Crippen LogP contribution in [-0.2, 0) is 4.84 Å². The summed E-state index contributed by atoms with van der Waals surface area (Å²) >= 11 is 43.8. The van der Waals surface area contributed by atoms with E-state index in [9.17, 15) is 14.4 Å². The molecular weight excluding hydrogens is 1590 g/mol. The number of nitrogens with zero attached hydrogens (tertiary/aromatic N) is 12. The number of thioether (sulfide) groups is 3. The van der Waals surface area contributed by atoms with Gasteiger partial charge in [0.05, 0.1) is 87.2 Å². The van der Waals surface area contributed by atoms with E-state index >= 15 is 9.59 Å². The summed E-state index contributed by atoms with van der Waals surface area (Å²) in [4.78, 5) is 120. The van der Waals surface area contributed by atoms with Gasteiger partial charge in [-0.25, -0.2) is 29.9 Å². The molecule has 9 aromatic rings. The van der Waals surface area contributed by atoms with E-state index in [2.05, 4.69) is 38.2 Å². The smallest absolute Gasteiger partial charge is 0.263 e. The molecule has 7 aliphatic heterocycles. The molecule has 3 atom stereocenters. The molecule has 8 aliphatic rings. The number of para-hydroxylation sites is 3. The van der Waals surface area contributed by atoms with Crippen molar-refractivity contribution in [1.29, 1.82) is 0 Å². The minimum absolute atomic E-state index is 0.0130. The normalized spacial score (nSPS) is 19.5. The number of nitrogens with one attached hydrogen (secondary N) is 4. The SMILES string of the molecule is C#Cc1cc(N(c2ncc3c(n2)SCN(c2c(Cl)cccc2Cl)C3=O)C2C[C@H]2C(=O)c2cc(N(OC3CCN(C(=O)c4cc(Nc5ncc6c(n5)SCN(c5c(Cl)cccc5Cl)C6=O)ccc4C4CCNCC4)C3)c3ncc4c(n3)SCN(c3c(Cl)cccc3Cl)C4=O)ccc2C2CCNCC2)ccc1C1CCNCC1. The first-order chi connectivity index (χ1) is 54.0. The van der Waals surface area contributed by atoms with Crippen LogP contribution in [0, 0.1) is 18.3 Å². The average molecular weight is 1660 g/mol. The van der Waals surface area contributed by atoms with Crippen LogP contribution in [0.1, 0.15) is 143 Å². The van der Waals surface area contributed by atoms with Crippen LogP contribution >= 0.6 is 105 Å². The number of aromatic nitrogens is 6. The zero-order valence-electron chi connectivity index (χ0n) is 59.4. The van der Waals surface area contributed by atoms with Gasteiger partial charge >= 0.3 is 0 Å². The van der Waals surface area contributed by atoms with Crippen LogP contribution in [0.25, 0.3) is 0 Å². The number of terminal acetylenes is 1. The number of rotatable bonds is 18. The molecule has 1 saturated carbocycles. The summed E-state index contributed by atoms with van der Waals surface area (Å²) in [5.74, 6) is 2.52. The largest absolute Gasteiger partial charge is 0.336 e. The van der Waals surface area contributed by atoms with Crippen molar-refractivity contribution in [3.05, 3.63) is 208 Å². The van der Waals surface area contributed by atoms with E-state index in [1.54, 1.807) is 59.5 Å². The monoisotopic (exact) mass is 1660 g/mol. The zero-order valence-corrected chi connectivity index (χ0v) is 66.4. The molecule has 4 amide bonds. The summed E-state index contributed by atoms with van der Waals surface area (Å²) in [6.45, 7) is 5.33. The van der Waals surface area contributed by atoms with Crippen molar-refractivity contribution in [3.63, 3.8) is 0 Å². The van der Waals surface area contributed by atoms with Gasteiger partial charge in [0, 0.05) is 71.7 Å². The van der Waals surface area contributed by atoms with Crippen molar-refractivity contribution in [2.75, 3.05) is 100.0 Å². The minimum Gasteiger partial charge on any atom is -0.336 e. The second-order valence-corrected chi connectivity index (χ2v) is 33.6. The fraction of sp³-hybridized carbons (Fsp3) is 0.312. The fourth-order valence-electron chi connectivity index (χ4n) is 15.9. The number of benzene rings is 6. The lowest BCUT2D eigenvalue weighted by Gasteiger charge is -2.31. The highest BCUT2D eigenvalue weighted by Gasteiger charge is 2.50. The van der Waals surface area contributed by atoms with Crippen molar-refractivity contribution >= 4 is 186 Å². The van der Waals surface area contributed by atoms with E-state index < -0.39 is 24.0 Å². The number of carbonyl (C=O) groups is 5. The lowest BCUT2D eigenvalue weighted by atomic mass is 9.85. The topological polar surface area (TPSA) is 239 Å². The molecule has 22 nitrogen and oxygen atoms in total. The molecule has 111 heavy (non-hydrogen) atoms. The van der Waals surface area contributed by atoms with E-state index in [1.807, 2.05) is 53.4 Å². The van der Waals surface area contributed by atoms with Crippen LogP contribution < -0.4 is 45.9 Å². The molecule has 17 rings (SSSR count). The van der Waals surface area contributed by atoms with Crippen molar-refractivity contribution in [2.24, 2.45) is 5.92 Å². The first-order valence-corrected chi connectivity index (χ1v) is 41.9. The minimum atomic E-state index is -0.640. The van der Waals surface area contributed by atoms with Crippen LogP contribution in [0.15, 0.2) is 143 Å². The second kappa shape index (κ2) is 32.3. The third-order valence-electron chi connectivity index (χ3n) is 21.7. The van der Waals surface area contributed by atoms with E-state index in [1.165, 1.54) is 73.6 Å². The average Bonchev–Trinajstić information content (AvgIpc) is 1.64. The first kappa shape index (κ1) is 75.4. The number of amides is 4. The predicted molar refractivity (Wildman–Crippen MR) is 439 cm³/mol. The highest BCUT2D eigenvalue weighted by molar-refractivity contribution is 8.00. The Morgan fingerprint density at radius 2 is 0.991 bits per heavy atom. The standard InChI is InChI=1S/C80H70Cl6N16O6S3/c1-2-43-32-48(13-16-51(43)44-18-25-87-26-19-44)101(79-91-37-58-72(95-79)110-41-99(76(58)106)68-62(83)8-4-9-63(68)84)66-35-56(66)70(103)54-34-49(14-17-52(54)45-20-27-88-28-21-45)102(80-92-38-59-73(96-80)111-42-100(77(59)107)69-64(85)10-5-11-65(69)86)108-50-24-31-97(39-50)74(104)55-33-47(12-15-53(55)46-22-29-89-30-23-46)93-78-90-36-57-71(94-78)109-40-98(75(57)105)67-60(81)6-3-7-61(67)82/h1,3-17,32-34,36-38,44-46,50,56,66,87-89H,18-31,35,39-42H2,(H,90,93,94)/t50?,56-,66?/m1/s1. The number of carbonyl (C=O) groups excluding carboxylic acids is 5. The molecule has 0 radical (unpaired) electrons. The zero-order chi connectivity index (χ0) is 76.3. The lowest BCUT2D eigenvalue weighted by Crippen LogP contribution is -2.36. The van der Waals surface area contributed by atoms with Crippen LogP contribution in [0.2, 0.25) is 30.1 Å². The van der Waals surface area contributed by atoms with Gasteiger partial charge in [-0.3, -0.25) is 43.5 Å². The Balaban J connectivity index is 0.700. The van der Waals surface area contributed by atoms with Crippen molar-refractivity contribution < 1.29 is 28.8 Å². The Morgan fingerprint density at radius 3 is 1.52 bits per heavy atom. The second-order valence-electron chi connectivity index (χ2n) is 28.3. The maximum absolute atomic E-state index is 16.2. The first-order valence-electron chi connectivity index (χ1n) is 36.7. The Labute approximate surface area is 683 Å². The summed E-state index contributed by atoms with van der Waals surface area (Å²) < 4.78 is 0. The van der Waals surface area contributed by atoms with Crippen LogP contribution in [0.5, 0.6) is 0 Å². The van der Waals surface area contributed by atoms with E-state index in [-0.39, 0.29) is 88.5 Å². The number of likely N-dealkylation sites (tertiary alicyclic amines) is 1. The number of ketones is 1. The van der Waals surface area contributed by atoms with Gasteiger partial charge in [-0.05, 0) is 198 Å². The number of halogens is 6. The maximum Gasteiger partial charge on any atom is 0.263 e. The summed E-state index contributed by atoms with van der Waals surface area (Å²) in [7, 11) is 0. The highest BCUT2D eigenvalue weighted by atomic mass is 35.5. The van der Waals surface area contributed by atoms with Gasteiger partial charge < -0.3 is 31.1 Å². The molecule has 566 valence electrons. The highest BCUT2D eigenvalue weighted by Crippen LogP contribution is 2.50. The number of Topliss-reactive ketones (excluding diaryl/α,β-unsaturated/α-hetero) is 1. The molecule has 0 bridgehead atoms. The Morgan fingerprint density at radius 1 is 0.532 bits per heavy atom. The van der Waals surface area contributed by atoms with Gasteiger partial charge in [-0.1, -0.05) is 147 Å². The molecule has 3 aromatic heterocycles. The Bertz CT molecular complexity index is 5240. The third-order valence-corrected chi connectivity index (χ3v) is 26.4.